The number of pyridine rings is 1. The molecule has 1 amide bonds. The quantitative estimate of drug-likeness (QED) is 0.843. The molecule has 0 spiro atoms. The van der Waals surface area contributed by atoms with Gasteiger partial charge in [-0.15, -0.1) is 0 Å². The minimum absolute atomic E-state index is 0.0906. The smallest absolute Gasteiger partial charge is 0.251 e. The van der Waals surface area contributed by atoms with Crippen LogP contribution in [0, 0.1) is 0 Å². The Labute approximate surface area is 119 Å². The van der Waals surface area contributed by atoms with Gasteiger partial charge in [-0.25, -0.2) is 0 Å². The van der Waals surface area contributed by atoms with Crippen LogP contribution in [0.1, 0.15) is 44.0 Å². The number of amides is 1. The first kappa shape index (κ1) is 14.8. The van der Waals surface area contributed by atoms with E-state index in [2.05, 4.69) is 17.6 Å². The third-order valence-corrected chi connectivity index (χ3v) is 3.74. The second-order valence-corrected chi connectivity index (χ2v) is 5.12. The summed E-state index contributed by atoms with van der Waals surface area (Å²) < 4.78 is 1.63. The second kappa shape index (κ2) is 6.70. The number of carbonyl (C=O) groups is 1. The molecular formula is C15H23N3O2. The van der Waals surface area contributed by atoms with Crippen LogP contribution in [0.5, 0.6) is 0 Å². The van der Waals surface area contributed by atoms with Crippen molar-refractivity contribution < 1.29 is 4.79 Å². The normalized spacial score (nSPS) is 17.6. The van der Waals surface area contributed by atoms with E-state index in [1.165, 1.54) is 5.56 Å². The Bertz CT molecular complexity index is 536. The SMILES string of the molecule is CCNC(=O)Cn1c2c(ccc1=O)C(NCC)CCC2. The topological polar surface area (TPSA) is 63.1 Å². The van der Waals surface area contributed by atoms with Crippen molar-refractivity contribution in [3.05, 3.63) is 33.7 Å². The van der Waals surface area contributed by atoms with Crippen LogP contribution in [0.15, 0.2) is 16.9 Å². The van der Waals surface area contributed by atoms with Crippen LogP contribution in [0.4, 0.5) is 0 Å². The molecule has 1 aliphatic rings. The third kappa shape index (κ3) is 3.10. The van der Waals surface area contributed by atoms with Crippen LogP contribution < -0.4 is 16.2 Å². The van der Waals surface area contributed by atoms with E-state index in [0.29, 0.717) is 12.6 Å². The van der Waals surface area contributed by atoms with Crippen LogP contribution in [0.2, 0.25) is 0 Å². The summed E-state index contributed by atoms with van der Waals surface area (Å²) in [5.41, 5.74) is 2.09. The summed E-state index contributed by atoms with van der Waals surface area (Å²) in [5, 5.41) is 6.20. The molecule has 1 aliphatic carbocycles. The number of carbonyl (C=O) groups excluding carboxylic acids is 1. The van der Waals surface area contributed by atoms with Gasteiger partial charge in [-0.1, -0.05) is 13.0 Å². The lowest BCUT2D eigenvalue weighted by Gasteiger charge is -2.28. The molecule has 0 saturated heterocycles. The lowest BCUT2D eigenvalue weighted by Crippen LogP contribution is -2.36. The Kier molecular flexibility index (Phi) is 4.95. The second-order valence-electron chi connectivity index (χ2n) is 5.12. The Hall–Kier alpha value is -1.62. The van der Waals surface area contributed by atoms with Gasteiger partial charge in [0, 0.05) is 24.3 Å². The van der Waals surface area contributed by atoms with E-state index in [1.54, 1.807) is 10.6 Å². The zero-order chi connectivity index (χ0) is 14.5. The van der Waals surface area contributed by atoms with Gasteiger partial charge >= 0.3 is 0 Å². The number of nitrogens with one attached hydrogen (secondary N) is 2. The largest absolute Gasteiger partial charge is 0.355 e. The van der Waals surface area contributed by atoms with Crippen LogP contribution in [0.25, 0.3) is 0 Å². The van der Waals surface area contributed by atoms with Gasteiger partial charge in [0.05, 0.1) is 0 Å². The number of nitrogens with zero attached hydrogens (tertiary/aromatic N) is 1. The summed E-state index contributed by atoms with van der Waals surface area (Å²) in [4.78, 5) is 23.8. The fraction of sp³-hybridized carbons (Fsp3) is 0.600. The summed E-state index contributed by atoms with van der Waals surface area (Å²) in [7, 11) is 0. The van der Waals surface area contributed by atoms with E-state index >= 15 is 0 Å². The number of hydrogen-bond donors (Lipinski definition) is 2. The maximum absolute atomic E-state index is 12.1. The molecule has 110 valence electrons. The molecular weight excluding hydrogens is 254 g/mol. The van der Waals surface area contributed by atoms with Gasteiger partial charge in [-0.2, -0.15) is 0 Å². The summed E-state index contributed by atoms with van der Waals surface area (Å²) >= 11 is 0. The molecule has 1 unspecified atom stereocenters. The summed E-state index contributed by atoms with van der Waals surface area (Å²) in [5.74, 6) is -0.103. The molecule has 0 aliphatic heterocycles. The van der Waals surface area contributed by atoms with E-state index in [9.17, 15) is 9.59 Å². The molecule has 5 heteroatoms. The molecule has 2 rings (SSSR count). The van der Waals surface area contributed by atoms with Gasteiger partial charge < -0.3 is 15.2 Å². The predicted octanol–water partition coefficient (Wildman–Crippen LogP) is 0.971. The van der Waals surface area contributed by atoms with Gasteiger partial charge in [0.15, 0.2) is 0 Å². The highest BCUT2D eigenvalue weighted by atomic mass is 16.2. The Morgan fingerprint density at radius 1 is 1.35 bits per heavy atom. The van der Waals surface area contributed by atoms with Crippen LogP contribution in [0.3, 0.4) is 0 Å². The molecule has 0 saturated carbocycles. The summed E-state index contributed by atoms with van der Waals surface area (Å²) in [6.45, 7) is 5.57. The zero-order valence-electron chi connectivity index (χ0n) is 12.2. The van der Waals surface area contributed by atoms with Gasteiger partial charge in [0.2, 0.25) is 5.91 Å². The van der Waals surface area contributed by atoms with Crippen LogP contribution in [-0.2, 0) is 17.8 Å². The highest BCUT2D eigenvalue weighted by molar-refractivity contribution is 5.75. The molecule has 20 heavy (non-hydrogen) atoms. The zero-order valence-corrected chi connectivity index (χ0v) is 12.2. The molecule has 0 bridgehead atoms. The minimum Gasteiger partial charge on any atom is -0.355 e. The van der Waals surface area contributed by atoms with Gasteiger partial charge in [-0.3, -0.25) is 9.59 Å². The standard InChI is InChI=1S/C15H23N3O2/c1-3-16-12-6-5-7-13-11(12)8-9-15(20)18(13)10-14(19)17-4-2/h8-9,12,16H,3-7,10H2,1-2H3,(H,17,19). The fourth-order valence-corrected chi connectivity index (χ4v) is 2.89. The first-order valence-corrected chi connectivity index (χ1v) is 7.40. The average Bonchev–Trinajstić information content (AvgIpc) is 2.43. The van der Waals surface area contributed by atoms with E-state index in [-0.39, 0.29) is 18.0 Å². The minimum atomic E-state index is -0.103. The third-order valence-electron chi connectivity index (χ3n) is 3.74. The van der Waals surface area contributed by atoms with Crippen molar-refractivity contribution in [2.24, 2.45) is 0 Å². The number of hydrogen-bond acceptors (Lipinski definition) is 3. The first-order chi connectivity index (χ1) is 9.67. The Balaban J connectivity index is 2.34. The maximum Gasteiger partial charge on any atom is 0.251 e. The highest BCUT2D eigenvalue weighted by Crippen LogP contribution is 2.28. The van der Waals surface area contributed by atoms with E-state index in [1.807, 2.05) is 13.0 Å². The monoisotopic (exact) mass is 277 g/mol. The van der Waals surface area contributed by atoms with Crippen molar-refractivity contribution in [3.8, 4) is 0 Å². The number of aromatic nitrogens is 1. The number of likely N-dealkylation sites (N-methyl/N-ethyl adjacent to an activating group) is 1. The van der Waals surface area contributed by atoms with Crippen molar-refractivity contribution >= 4 is 5.91 Å². The molecule has 5 nitrogen and oxygen atoms in total. The van der Waals surface area contributed by atoms with Gasteiger partial charge in [0.25, 0.3) is 5.56 Å². The number of rotatable bonds is 5. The average molecular weight is 277 g/mol. The molecule has 0 radical (unpaired) electrons. The number of fused-ring (bicyclic) bond motifs is 1. The van der Waals surface area contributed by atoms with Gasteiger partial charge in [-0.05, 0) is 38.3 Å². The van der Waals surface area contributed by atoms with Gasteiger partial charge in [0.1, 0.15) is 6.54 Å². The van der Waals surface area contributed by atoms with Crippen molar-refractivity contribution in [1.82, 2.24) is 15.2 Å². The predicted molar refractivity (Wildman–Crippen MR) is 78.7 cm³/mol. The first-order valence-electron chi connectivity index (χ1n) is 7.40. The molecule has 1 aromatic heterocycles. The molecule has 1 heterocycles. The van der Waals surface area contributed by atoms with E-state index in [0.717, 1.165) is 31.5 Å². The fourth-order valence-electron chi connectivity index (χ4n) is 2.89. The molecule has 2 N–H and O–H groups in total. The van der Waals surface area contributed by atoms with Crippen molar-refractivity contribution in [3.63, 3.8) is 0 Å². The maximum atomic E-state index is 12.1. The van der Waals surface area contributed by atoms with Crippen molar-refractivity contribution in [2.75, 3.05) is 13.1 Å². The van der Waals surface area contributed by atoms with Crippen molar-refractivity contribution in [1.29, 1.82) is 0 Å². The van der Waals surface area contributed by atoms with Crippen LogP contribution in [-0.4, -0.2) is 23.6 Å². The van der Waals surface area contributed by atoms with Crippen molar-refractivity contribution in [2.45, 2.75) is 45.7 Å². The van der Waals surface area contributed by atoms with E-state index in [4.69, 9.17) is 0 Å². The summed E-state index contributed by atoms with van der Waals surface area (Å²) in [6.07, 6.45) is 3.00. The Morgan fingerprint density at radius 3 is 2.85 bits per heavy atom. The molecule has 0 fully saturated rings. The summed E-state index contributed by atoms with van der Waals surface area (Å²) in [6, 6.07) is 3.79. The lowest BCUT2D eigenvalue weighted by molar-refractivity contribution is -0.121. The molecule has 0 aromatic carbocycles. The lowest BCUT2D eigenvalue weighted by atomic mass is 9.91. The highest BCUT2D eigenvalue weighted by Gasteiger charge is 2.22. The Morgan fingerprint density at radius 2 is 2.15 bits per heavy atom. The van der Waals surface area contributed by atoms with Crippen LogP contribution >= 0.6 is 0 Å². The van der Waals surface area contributed by atoms with E-state index < -0.39 is 0 Å². The molecule has 1 atom stereocenters. The molecule has 1 aromatic rings.